The van der Waals surface area contributed by atoms with Gasteiger partial charge >= 0.3 is 0 Å². The SMILES string of the molecule is C[C@@H]1C[C@H](C)[C@H](C)C(O)S1. The molecule has 0 bridgehead atoms. The van der Waals surface area contributed by atoms with Crippen molar-refractivity contribution in [2.75, 3.05) is 0 Å². The fraction of sp³-hybridized carbons (Fsp3) is 1.00. The van der Waals surface area contributed by atoms with Crippen LogP contribution in [0.5, 0.6) is 0 Å². The Hall–Kier alpha value is 0.310. The van der Waals surface area contributed by atoms with Crippen LogP contribution in [0.2, 0.25) is 0 Å². The van der Waals surface area contributed by atoms with Crippen molar-refractivity contribution in [2.45, 2.75) is 37.9 Å². The quantitative estimate of drug-likeness (QED) is 0.585. The van der Waals surface area contributed by atoms with Crippen molar-refractivity contribution < 1.29 is 5.11 Å². The molecule has 0 aromatic heterocycles. The molecule has 0 spiro atoms. The summed E-state index contributed by atoms with van der Waals surface area (Å²) in [4.78, 5) is 0. The van der Waals surface area contributed by atoms with Crippen LogP contribution >= 0.6 is 11.8 Å². The van der Waals surface area contributed by atoms with E-state index in [1.54, 1.807) is 11.8 Å². The molecule has 1 heterocycles. The molecule has 1 aliphatic heterocycles. The molecule has 0 aromatic rings. The second-order valence-electron chi connectivity index (χ2n) is 3.41. The highest BCUT2D eigenvalue weighted by molar-refractivity contribution is 8.00. The maximum atomic E-state index is 9.48. The smallest absolute Gasteiger partial charge is 0.102 e. The van der Waals surface area contributed by atoms with Gasteiger partial charge in [0.1, 0.15) is 5.44 Å². The highest BCUT2D eigenvalue weighted by atomic mass is 32.2. The molecule has 0 amide bonds. The van der Waals surface area contributed by atoms with Crippen molar-refractivity contribution in [1.29, 1.82) is 0 Å². The summed E-state index contributed by atoms with van der Waals surface area (Å²) in [5.41, 5.74) is -0.126. The Morgan fingerprint density at radius 1 is 1.30 bits per heavy atom. The van der Waals surface area contributed by atoms with Gasteiger partial charge in [-0.3, -0.25) is 0 Å². The summed E-state index contributed by atoms with van der Waals surface area (Å²) in [6, 6.07) is 0. The van der Waals surface area contributed by atoms with Gasteiger partial charge in [0.05, 0.1) is 0 Å². The number of rotatable bonds is 0. The average molecular weight is 160 g/mol. The number of aliphatic hydroxyl groups is 1. The molecule has 0 aliphatic carbocycles. The first-order chi connectivity index (χ1) is 4.61. The number of aliphatic hydroxyl groups excluding tert-OH is 1. The molecule has 0 saturated carbocycles. The normalized spacial score (nSPS) is 49.2. The van der Waals surface area contributed by atoms with Crippen LogP contribution in [0.25, 0.3) is 0 Å². The van der Waals surface area contributed by atoms with Crippen molar-refractivity contribution in [1.82, 2.24) is 0 Å². The summed E-state index contributed by atoms with van der Waals surface area (Å²) in [7, 11) is 0. The van der Waals surface area contributed by atoms with E-state index in [0.717, 1.165) is 0 Å². The largest absolute Gasteiger partial charge is 0.382 e. The molecule has 1 aliphatic rings. The van der Waals surface area contributed by atoms with Gasteiger partial charge in [-0.1, -0.05) is 20.8 Å². The molecule has 60 valence electrons. The van der Waals surface area contributed by atoms with Crippen LogP contribution in [0.3, 0.4) is 0 Å². The minimum atomic E-state index is -0.126. The minimum Gasteiger partial charge on any atom is -0.382 e. The molecule has 1 N–H and O–H groups in total. The monoisotopic (exact) mass is 160 g/mol. The van der Waals surface area contributed by atoms with E-state index in [4.69, 9.17) is 0 Å². The van der Waals surface area contributed by atoms with Crippen LogP contribution < -0.4 is 0 Å². The van der Waals surface area contributed by atoms with Gasteiger partial charge in [-0.25, -0.2) is 0 Å². The second-order valence-corrected chi connectivity index (χ2v) is 4.97. The van der Waals surface area contributed by atoms with Gasteiger partial charge in [-0.2, -0.15) is 0 Å². The minimum absolute atomic E-state index is 0.126. The third-order valence-electron chi connectivity index (χ3n) is 2.42. The fourth-order valence-corrected chi connectivity index (χ4v) is 2.84. The van der Waals surface area contributed by atoms with Gasteiger partial charge in [0, 0.05) is 5.25 Å². The molecule has 1 rings (SSSR count). The zero-order chi connectivity index (χ0) is 7.72. The Morgan fingerprint density at radius 2 is 1.90 bits per heavy atom. The first-order valence-electron chi connectivity index (χ1n) is 3.94. The van der Waals surface area contributed by atoms with E-state index in [1.165, 1.54) is 6.42 Å². The molecule has 0 aromatic carbocycles. The Balaban J connectivity index is 2.49. The first kappa shape index (κ1) is 8.41. The van der Waals surface area contributed by atoms with Gasteiger partial charge in [0.2, 0.25) is 0 Å². The van der Waals surface area contributed by atoms with Crippen LogP contribution in [-0.2, 0) is 0 Å². The summed E-state index contributed by atoms with van der Waals surface area (Å²) in [6.45, 7) is 6.55. The van der Waals surface area contributed by atoms with E-state index in [0.29, 0.717) is 17.1 Å². The molecule has 2 heteroatoms. The lowest BCUT2D eigenvalue weighted by Gasteiger charge is -2.33. The molecular formula is C8H16OS. The van der Waals surface area contributed by atoms with E-state index >= 15 is 0 Å². The maximum Gasteiger partial charge on any atom is 0.102 e. The van der Waals surface area contributed by atoms with Crippen molar-refractivity contribution in [3.63, 3.8) is 0 Å². The Bertz CT molecular complexity index is 104. The summed E-state index contributed by atoms with van der Waals surface area (Å²) in [5, 5.41) is 10.1. The molecule has 1 saturated heterocycles. The molecule has 4 atom stereocenters. The highest BCUT2D eigenvalue weighted by Crippen LogP contribution is 2.37. The van der Waals surface area contributed by atoms with Crippen molar-refractivity contribution >= 4 is 11.8 Å². The van der Waals surface area contributed by atoms with Crippen molar-refractivity contribution in [2.24, 2.45) is 11.8 Å². The fourth-order valence-electron chi connectivity index (χ4n) is 1.44. The summed E-state index contributed by atoms with van der Waals surface area (Å²) >= 11 is 1.71. The summed E-state index contributed by atoms with van der Waals surface area (Å²) in [5.74, 6) is 1.16. The number of hydrogen-bond donors (Lipinski definition) is 1. The Morgan fingerprint density at radius 3 is 2.40 bits per heavy atom. The van der Waals surface area contributed by atoms with Crippen molar-refractivity contribution in [3.05, 3.63) is 0 Å². The number of hydrogen-bond acceptors (Lipinski definition) is 2. The van der Waals surface area contributed by atoms with Gasteiger partial charge < -0.3 is 5.11 Å². The number of thioether (sulfide) groups is 1. The maximum absolute atomic E-state index is 9.48. The predicted molar refractivity (Wildman–Crippen MR) is 46.0 cm³/mol. The first-order valence-corrected chi connectivity index (χ1v) is 4.89. The van der Waals surface area contributed by atoms with Gasteiger partial charge in [-0.05, 0) is 18.3 Å². The summed E-state index contributed by atoms with van der Waals surface area (Å²) < 4.78 is 0. The molecule has 1 unspecified atom stereocenters. The molecule has 1 fully saturated rings. The van der Waals surface area contributed by atoms with E-state index in [9.17, 15) is 5.11 Å². The lowest BCUT2D eigenvalue weighted by Crippen LogP contribution is -2.30. The van der Waals surface area contributed by atoms with Gasteiger partial charge in [0.15, 0.2) is 0 Å². The lowest BCUT2D eigenvalue weighted by atomic mass is 9.91. The van der Waals surface area contributed by atoms with E-state index in [-0.39, 0.29) is 5.44 Å². The van der Waals surface area contributed by atoms with Crippen LogP contribution in [0.1, 0.15) is 27.2 Å². The zero-order valence-corrected chi connectivity index (χ0v) is 7.69. The van der Waals surface area contributed by atoms with E-state index in [2.05, 4.69) is 20.8 Å². The predicted octanol–water partition coefficient (Wildman–Crippen LogP) is 2.10. The van der Waals surface area contributed by atoms with Crippen molar-refractivity contribution in [3.8, 4) is 0 Å². The van der Waals surface area contributed by atoms with E-state index in [1.807, 2.05) is 0 Å². The third kappa shape index (κ3) is 1.67. The average Bonchev–Trinajstić information content (AvgIpc) is 1.82. The molecule has 1 nitrogen and oxygen atoms in total. The Kier molecular flexibility index (Phi) is 2.64. The van der Waals surface area contributed by atoms with Gasteiger partial charge in [0.25, 0.3) is 0 Å². The van der Waals surface area contributed by atoms with Crippen LogP contribution in [0.15, 0.2) is 0 Å². The lowest BCUT2D eigenvalue weighted by molar-refractivity contribution is 0.149. The molecule has 0 radical (unpaired) electrons. The van der Waals surface area contributed by atoms with Gasteiger partial charge in [-0.15, -0.1) is 11.8 Å². The van der Waals surface area contributed by atoms with Crippen LogP contribution in [-0.4, -0.2) is 15.8 Å². The van der Waals surface area contributed by atoms with Crippen LogP contribution in [0, 0.1) is 11.8 Å². The van der Waals surface area contributed by atoms with E-state index < -0.39 is 0 Å². The summed E-state index contributed by atoms with van der Waals surface area (Å²) in [6.07, 6.45) is 1.25. The molecular weight excluding hydrogens is 144 g/mol. The standard InChI is InChI=1S/C8H16OS/c1-5-4-6(2)10-8(9)7(5)3/h5-9H,4H2,1-3H3/t5-,6+,7-,8?/m0/s1. The highest BCUT2D eigenvalue weighted by Gasteiger charge is 2.29. The second kappa shape index (κ2) is 3.14. The van der Waals surface area contributed by atoms with Crippen LogP contribution in [0.4, 0.5) is 0 Å². The third-order valence-corrected chi connectivity index (χ3v) is 3.79. The topological polar surface area (TPSA) is 20.2 Å². The molecule has 10 heavy (non-hydrogen) atoms. The zero-order valence-electron chi connectivity index (χ0n) is 6.87. The Labute approximate surface area is 67.2 Å².